The summed E-state index contributed by atoms with van der Waals surface area (Å²) in [6, 6.07) is 8.35. The third-order valence-electron chi connectivity index (χ3n) is 3.66. The second-order valence-electron chi connectivity index (χ2n) is 5.48. The Hall–Kier alpha value is -2.34. The Morgan fingerprint density at radius 1 is 1.12 bits per heavy atom. The monoisotopic (exact) mass is 330 g/mol. The van der Waals surface area contributed by atoms with Crippen molar-refractivity contribution in [3.63, 3.8) is 0 Å². The van der Waals surface area contributed by atoms with Crippen LogP contribution in [-0.4, -0.2) is 24.6 Å². The highest BCUT2D eigenvalue weighted by Crippen LogP contribution is 2.08. The zero-order chi connectivity index (χ0) is 17.4. The lowest BCUT2D eigenvalue weighted by Gasteiger charge is -2.11. The zero-order valence-corrected chi connectivity index (χ0v) is 14.8. The van der Waals surface area contributed by atoms with E-state index in [0.29, 0.717) is 31.5 Å². The van der Waals surface area contributed by atoms with Crippen molar-refractivity contribution < 1.29 is 9.15 Å². The third kappa shape index (κ3) is 5.38. The molecule has 0 saturated carbocycles. The molecule has 0 aliphatic carbocycles. The predicted octanol–water partition coefficient (Wildman–Crippen LogP) is 2.69. The number of ether oxygens (including phenoxy) is 1. The van der Waals surface area contributed by atoms with Gasteiger partial charge in [0.2, 0.25) is 5.89 Å². The number of nitrogens with one attached hydrogen (secondary N) is 2. The summed E-state index contributed by atoms with van der Waals surface area (Å²) in [7, 11) is 1.74. The Morgan fingerprint density at radius 3 is 2.38 bits per heavy atom. The van der Waals surface area contributed by atoms with Gasteiger partial charge in [-0.3, -0.25) is 4.99 Å². The molecule has 0 bridgehead atoms. The predicted molar refractivity (Wildman–Crippen MR) is 94.8 cm³/mol. The fraction of sp³-hybridized carbons (Fsp3) is 0.444. The molecule has 1 aromatic heterocycles. The van der Waals surface area contributed by atoms with Gasteiger partial charge in [0.15, 0.2) is 5.96 Å². The smallest absolute Gasteiger partial charge is 0.214 e. The first-order valence-electron chi connectivity index (χ1n) is 8.15. The highest BCUT2D eigenvalue weighted by atomic mass is 16.5. The molecular formula is C18H26N4O2. The number of benzene rings is 1. The number of aliphatic imine (C=N–C) groups is 1. The van der Waals surface area contributed by atoms with Gasteiger partial charge in [-0.05, 0) is 31.9 Å². The number of guanidine groups is 1. The molecule has 6 heteroatoms. The van der Waals surface area contributed by atoms with Gasteiger partial charge in [0.1, 0.15) is 5.76 Å². The van der Waals surface area contributed by atoms with Crippen molar-refractivity contribution in [3.05, 3.63) is 52.7 Å². The fourth-order valence-corrected chi connectivity index (χ4v) is 2.15. The van der Waals surface area contributed by atoms with Crippen molar-refractivity contribution in [2.45, 2.75) is 40.5 Å². The molecule has 0 atom stereocenters. The molecule has 0 aliphatic heterocycles. The van der Waals surface area contributed by atoms with Crippen molar-refractivity contribution in [3.8, 4) is 0 Å². The molecule has 2 rings (SSSR count). The van der Waals surface area contributed by atoms with E-state index in [-0.39, 0.29) is 0 Å². The Bertz CT molecular complexity index is 643. The van der Waals surface area contributed by atoms with E-state index >= 15 is 0 Å². The van der Waals surface area contributed by atoms with Crippen molar-refractivity contribution in [1.29, 1.82) is 0 Å². The van der Waals surface area contributed by atoms with Crippen molar-refractivity contribution in [1.82, 2.24) is 15.6 Å². The highest BCUT2D eigenvalue weighted by molar-refractivity contribution is 5.79. The molecule has 130 valence electrons. The van der Waals surface area contributed by atoms with Gasteiger partial charge in [-0.25, -0.2) is 4.98 Å². The number of rotatable bonds is 7. The van der Waals surface area contributed by atoms with Crippen LogP contribution in [0.1, 0.15) is 35.4 Å². The average molecular weight is 330 g/mol. The first-order valence-corrected chi connectivity index (χ1v) is 8.15. The van der Waals surface area contributed by atoms with Gasteiger partial charge >= 0.3 is 0 Å². The van der Waals surface area contributed by atoms with Crippen molar-refractivity contribution >= 4 is 5.96 Å². The van der Waals surface area contributed by atoms with Crippen LogP contribution in [0.15, 0.2) is 33.7 Å². The third-order valence-corrected chi connectivity index (χ3v) is 3.66. The first kappa shape index (κ1) is 18.0. The van der Waals surface area contributed by atoms with Gasteiger partial charge in [0.05, 0.1) is 18.8 Å². The van der Waals surface area contributed by atoms with Crippen LogP contribution >= 0.6 is 0 Å². The van der Waals surface area contributed by atoms with Crippen LogP contribution in [0.3, 0.4) is 0 Å². The lowest BCUT2D eigenvalue weighted by atomic mass is 10.1. The fourth-order valence-electron chi connectivity index (χ4n) is 2.15. The summed E-state index contributed by atoms with van der Waals surface area (Å²) in [6.07, 6.45) is 0. The number of hydrogen-bond donors (Lipinski definition) is 2. The van der Waals surface area contributed by atoms with E-state index in [1.165, 1.54) is 11.1 Å². The maximum atomic E-state index is 5.55. The van der Waals surface area contributed by atoms with E-state index in [9.17, 15) is 0 Å². The summed E-state index contributed by atoms with van der Waals surface area (Å²) >= 11 is 0. The van der Waals surface area contributed by atoms with Crippen LogP contribution in [0.2, 0.25) is 0 Å². The highest BCUT2D eigenvalue weighted by Gasteiger charge is 2.06. The molecule has 2 N–H and O–H groups in total. The minimum absolute atomic E-state index is 0.502. The molecular weight excluding hydrogens is 304 g/mol. The Morgan fingerprint density at radius 2 is 1.79 bits per heavy atom. The quantitative estimate of drug-likeness (QED) is 0.603. The van der Waals surface area contributed by atoms with E-state index in [1.807, 2.05) is 20.8 Å². The number of hydrogen-bond acceptors (Lipinski definition) is 4. The number of nitrogens with zero attached hydrogens (tertiary/aromatic N) is 2. The minimum Gasteiger partial charge on any atom is -0.444 e. The Kier molecular flexibility index (Phi) is 6.81. The molecule has 0 radical (unpaired) electrons. The molecule has 24 heavy (non-hydrogen) atoms. The maximum Gasteiger partial charge on any atom is 0.214 e. The van der Waals surface area contributed by atoms with Crippen LogP contribution in [0.4, 0.5) is 0 Å². The average Bonchev–Trinajstić information content (AvgIpc) is 2.92. The zero-order valence-electron chi connectivity index (χ0n) is 14.8. The topological polar surface area (TPSA) is 71.7 Å². The largest absolute Gasteiger partial charge is 0.444 e. The van der Waals surface area contributed by atoms with Crippen LogP contribution in [0.25, 0.3) is 0 Å². The molecule has 0 aliphatic rings. The molecule has 1 aromatic carbocycles. The summed E-state index contributed by atoms with van der Waals surface area (Å²) in [6.45, 7) is 8.42. The van der Waals surface area contributed by atoms with Gasteiger partial charge < -0.3 is 19.8 Å². The van der Waals surface area contributed by atoms with E-state index < -0.39 is 0 Å². The SMILES string of the molecule is CCOCc1ccc(CNC(=NC)NCc2nc(C)c(C)o2)cc1. The molecule has 0 spiro atoms. The van der Waals surface area contributed by atoms with Gasteiger partial charge in [0, 0.05) is 20.2 Å². The lowest BCUT2D eigenvalue weighted by Crippen LogP contribution is -2.36. The van der Waals surface area contributed by atoms with Crippen LogP contribution in [0.5, 0.6) is 0 Å². The molecule has 0 unspecified atom stereocenters. The molecule has 2 aromatic rings. The van der Waals surface area contributed by atoms with Crippen molar-refractivity contribution in [2.24, 2.45) is 4.99 Å². The Balaban J connectivity index is 1.80. The number of aryl methyl sites for hydroxylation is 2. The van der Waals surface area contributed by atoms with E-state index in [2.05, 4.69) is 44.9 Å². The summed E-state index contributed by atoms with van der Waals surface area (Å²) in [5.41, 5.74) is 3.28. The number of aromatic nitrogens is 1. The van der Waals surface area contributed by atoms with Gasteiger partial charge in [0.25, 0.3) is 0 Å². The molecule has 0 amide bonds. The Labute approximate surface area is 143 Å². The lowest BCUT2D eigenvalue weighted by molar-refractivity contribution is 0.134. The van der Waals surface area contributed by atoms with E-state index in [1.54, 1.807) is 7.05 Å². The van der Waals surface area contributed by atoms with Crippen LogP contribution < -0.4 is 10.6 Å². The van der Waals surface area contributed by atoms with E-state index in [4.69, 9.17) is 9.15 Å². The van der Waals surface area contributed by atoms with Crippen LogP contribution in [0, 0.1) is 13.8 Å². The standard InChI is InChI=1S/C18H26N4O2/c1-5-23-12-16-8-6-15(7-9-16)10-20-18(19-4)21-11-17-22-13(2)14(3)24-17/h6-9H,5,10-12H2,1-4H3,(H2,19,20,21). The second-order valence-corrected chi connectivity index (χ2v) is 5.48. The summed E-state index contributed by atoms with van der Waals surface area (Å²) < 4.78 is 10.9. The number of oxazole rings is 1. The van der Waals surface area contributed by atoms with Crippen LogP contribution in [-0.2, 0) is 24.4 Å². The minimum atomic E-state index is 0.502. The van der Waals surface area contributed by atoms with Gasteiger partial charge in [-0.1, -0.05) is 24.3 Å². The summed E-state index contributed by atoms with van der Waals surface area (Å²) in [5, 5.41) is 6.48. The normalized spacial score (nSPS) is 11.6. The first-order chi connectivity index (χ1) is 11.6. The molecule has 6 nitrogen and oxygen atoms in total. The van der Waals surface area contributed by atoms with Gasteiger partial charge in [-0.15, -0.1) is 0 Å². The summed E-state index contributed by atoms with van der Waals surface area (Å²) in [4.78, 5) is 8.56. The van der Waals surface area contributed by atoms with Crippen molar-refractivity contribution in [2.75, 3.05) is 13.7 Å². The molecule has 0 fully saturated rings. The van der Waals surface area contributed by atoms with Gasteiger partial charge in [-0.2, -0.15) is 0 Å². The second kappa shape index (κ2) is 9.08. The van der Waals surface area contributed by atoms with E-state index in [0.717, 1.165) is 18.1 Å². The summed E-state index contributed by atoms with van der Waals surface area (Å²) in [5.74, 6) is 2.22. The maximum absolute atomic E-state index is 5.55. The molecule has 0 saturated heterocycles. The molecule has 1 heterocycles.